The maximum absolute atomic E-state index is 11.7. The van der Waals surface area contributed by atoms with Gasteiger partial charge in [0, 0.05) is 19.1 Å². The standard InChI is InChI=1S/C11H19F2NO/c1-3-4-5-6-10(14-2)7-8-15-9-11(12)13/h1,10-11,14H,4-9H2,2H3. The van der Waals surface area contributed by atoms with Gasteiger partial charge in [0.2, 0.25) is 0 Å². The number of alkyl halides is 2. The van der Waals surface area contributed by atoms with Crippen LogP contribution in [-0.4, -0.2) is 32.7 Å². The molecular formula is C11H19F2NO. The van der Waals surface area contributed by atoms with E-state index in [1.807, 2.05) is 7.05 Å². The van der Waals surface area contributed by atoms with E-state index in [9.17, 15) is 8.78 Å². The smallest absolute Gasteiger partial charge is 0.261 e. The number of hydrogen-bond acceptors (Lipinski definition) is 2. The molecule has 0 aliphatic rings. The molecule has 2 nitrogen and oxygen atoms in total. The number of halogens is 2. The van der Waals surface area contributed by atoms with Gasteiger partial charge in [0.15, 0.2) is 0 Å². The molecule has 0 saturated heterocycles. The Morgan fingerprint density at radius 2 is 2.13 bits per heavy atom. The first-order valence-electron chi connectivity index (χ1n) is 5.17. The maximum atomic E-state index is 11.7. The molecule has 0 heterocycles. The summed E-state index contributed by atoms with van der Waals surface area (Å²) in [5, 5.41) is 3.11. The highest BCUT2D eigenvalue weighted by atomic mass is 19.3. The molecule has 0 radical (unpaired) electrons. The third kappa shape index (κ3) is 9.64. The Kier molecular flexibility index (Phi) is 9.44. The molecule has 0 saturated carbocycles. The van der Waals surface area contributed by atoms with Crippen LogP contribution in [0.1, 0.15) is 25.7 Å². The van der Waals surface area contributed by atoms with Gasteiger partial charge in [-0.05, 0) is 26.3 Å². The van der Waals surface area contributed by atoms with Gasteiger partial charge in [-0.3, -0.25) is 0 Å². The average Bonchev–Trinajstić information content (AvgIpc) is 2.21. The number of rotatable bonds is 9. The largest absolute Gasteiger partial charge is 0.375 e. The molecule has 0 fully saturated rings. The minimum absolute atomic E-state index is 0.302. The molecule has 0 aliphatic heterocycles. The Hall–Kier alpha value is -0.660. The summed E-state index contributed by atoms with van der Waals surface area (Å²) in [6.07, 6.45) is 6.17. The molecule has 4 heteroatoms. The highest BCUT2D eigenvalue weighted by Crippen LogP contribution is 2.04. The molecule has 0 aromatic heterocycles. The summed E-state index contributed by atoms with van der Waals surface area (Å²) in [6.45, 7) is -0.104. The van der Waals surface area contributed by atoms with Crippen LogP contribution in [0.2, 0.25) is 0 Å². The zero-order chi connectivity index (χ0) is 11.5. The van der Waals surface area contributed by atoms with Crippen molar-refractivity contribution in [3.05, 3.63) is 0 Å². The third-order valence-electron chi connectivity index (χ3n) is 2.14. The van der Waals surface area contributed by atoms with Crippen LogP contribution in [-0.2, 0) is 4.74 Å². The van der Waals surface area contributed by atoms with Crippen molar-refractivity contribution in [2.45, 2.75) is 38.2 Å². The number of hydrogen-bond donors (Lipinski definition) is 1. The summed E-state index contributed by atoms with van der Waals surface area (Å²) < 4.78 is 28.3. The molecule has 15 heavy (non-hydrogen) atoms. The second-order valence-electron chi connectivity index (χ2n) is 3.34. The summed E-state index contributed by atoms with van der Waals surface area (Å²) in [4.78, 5) is 0. The van der Waals surface area contributed by atoms with E-state index < -0.39 is 13.0 Å². The molecule has 0 spiro atoms. The molecule has 0 rings (SSSR count). The Morgan fingerprint density at radius 1 is 1.40 bits per heavy atom. The van der Waals surface area contributed by atoms with Crippen molar-refractivity contribution in [2.24, 2.45) is 0 Å². The minimum Gasteiger partial charge on any atom is -0.375 e. The van der Waals surface area contributed by atoms with Crippen LogP contribution in [0.4, 0.5) is 8.78 Å². The van der Waals surface area contributed by atoms with Gasteiger partial charge < -0.3 is 10.1 Å². The lowest BCUT2D eigenvalue weighted by Gasteiger charge is -2.15. The quantitative estimate of drug-likeness (QED) is 0.473. The van der Waals surface area contributed by atoms with Crippen molar-refractivity contribution < 1.29 is 13.5 Å². The number of terminal acetylenes is 1. The van der Waals surface area contributed by atoms with Gasteiger partial charge in [0.25, 0.3) is 6.43 Å². The molecule has 1 atom stereocenters. The second kappa shape index (κ2) is 9.88. The lowest BCUT2D eigenvalue weighted by molar-refractivity contribution is 0.0143. The molecule has 0 aromatic rings. The van der Waals surface area contributed by atoms with Crippen LogP contribution >= 0.6 is 0 Å². The first-order chi connectivity index (χ1) is 7.20. The number of nitrogens with one attached hydrogen (secondary N) is 1. The Bertz CT molecular complexity index is 180. The average molecular weight is 219 g/mol. The Balaban J connectivity index is 3.40. The lowest BCUT2D eigenvalue weighted by Crippen LogP contribution is -2.27. The van der Waals surface area contributed by atoms with E-state index in [1.165, 1.54) is 0 Å². The fourth-order valence-electron chi connectivity index (χ4n) is 1.28. The fraction of sp³-hybridized carbons (Fsp3) is 0.818. The SMILES string of the molecule is C#CCCCC(CCOCC(F)F)NC. The van der Waals surface area contributed by atoms with Crippen molar-refractivity contribution in [2.75, 3.05) is 20.3 Å². The highest BCUT2D eigenvalue weighted by Gasteiger charge is 2.06. The van der Waals surface area contributed by atoms with E-state index in [-0.39, 0.29) is 0 Å². The predicted octanol–water partition coefficient (Wildman–Crippen LogP) is 2.05. The topological polar surface area (TPSA) is 21.3 Å². The zero-order valence-electron chi connectivity index (χ0n) is 9.14. The van der Waals surface area contributed by atoms with E-state index in [1.54, 1.807) is 0 Å². The normalized spacial score (nSPS) is 12.7. The third-order valence-corrected chi connectivity index (χ3v) is 2.14. The van der Waals surface area contributed by atoms with E-state index >= 15 is 0 Å². The zero-order valence-corrected chi connectivity index (χ0v) is 9.14. The number of ether oxygens (including phenoxy) is 1. The Morgan fingerprint density at radius 3 is 2.67 bits per heavy atom. The number of unbranched alkanes of at least 4 members (excludes halogenated alkanes) is 1. The van der Waals surface area contributed by atoms with Crippen LogP contribution in [0.5, 0.6) is 0 Å². The summed E-state index contributed by atoms with van der Waals surface area (Å²) >= 11 is 0. The van der Waals surface area contributed by atoms with E-state index in [2.05, 4.69) is 11.2 Å². The first kappa shape index (κ1) is 14.3. The van der Waals surface area contributed by atoms with Crippen molar-refractivity contribution >= 4 is 0 Å². The van der Waals surface area contributed by atoms with Gasteiger partial charge in [-0.25, -0.2) is 8.78 Å². The van der Waals surface area contributed by atoms with E-state index in [0.717, 1.165) is 25.7 Å². The predicted molar refractivity (Wildman–Crippen MR) is 57.0 cm³/mol. The highest BCUT2D eigenvalue weighted by molar-refractivity contribution is 4.83. The van der Waals surface area contributed by atoms with Gasteiger partial charge in [-0.2, -0.15) is 0 Å². The summed E-state index contributed by atoms with van der Waals surface area (Å²) in [7, 11) is 1.85. The summed E-state index contributed by atoms with van der Waals surface area (Å²) in [6, 6.07) is 0.302. The summed E-state index contributed by atoms with van der Waals surface area (Å²) in [5.41, 5.74) is 0. The van der Waals surface area contributed by atoms with Gasteiger partial charge in [-0.15, -0.1) is 12.3 Å². The maximum Gasteiger partial charge on any atom is 0.261 e. The van der Waals surface area contributed by atoms with Gasteiger partial charge in [-0.1, -0.05) is 0 Å². The molecule has 1 N–H and O–H groups in total. The lowest BCUT2D eigenvalue weighted by atomic mass is 10.1. The van der Waals surface area contributed by atoms with Crippen molar-refractivity contribution in [3.63, 3.8) is 0 Å². The fourth-order valence-corrected chi connectivity index (χ4v) is 1.28. The van der Waals surface area contributed by atoms with Crippen LogP contribution < -0.4 is 5.32 Å². The second-order valence-corrected chi connectivity index (χ2v) is 3.34. The van der Waals surface area contributed by atoms with Gasteiger partial charge in [0.1, 0.15) is 6.61 Å². The van der Waals surface area contributed by atoms with Gasteiger partial charge >= 0.3 is 0 Å². The Labute approximate surface area is 90.4 Å². The van der Waals surface area contributed by atoms with Crippen molar-refractivity contribution in [1.82, 2.24) is 5.32 Å². The first-order valence-corrected chi connectivity index (χ1v) is 5.17. The van der Waals surface area contributed by atoms with Crippen molar-refractivity contribution in [1.29, 1.82) is 0 Å². The monoisotopic (exact) mass is 219 g/mol. The van der Waals surface area contributed by atoms with E-state index in [4.69, 9.17) is 11.2 Å². The van der Waals surface area contributed by atoms with Crippen LogP contribution in [0.15, 0.2) is 0 Å². The molecular weight excluding hydrogens is 200 g/mol. The van der Waals surface area contributed by atoms with Crippen LogP contribution in [0.3, 0.4) is 0 Å². The van der Waals surface area contributed by atoms with Crippen LogP contribution in [0, 0.1) is 12.3 Å². The molecule has 0 aliphatic carbocycles. The minimum atomic E-state index is -2.38. The molecule has 0 amide bonds. The van der Waals surface area contributed by atoms with Crippen molar-refractivity contribution in [3.8, 4) is 12.3 Å². The molecule has 0 aromatic carbocycles. The molecule has 1 unspecified atom stereocenters. The van der Waals surface area contributed by atoms with Crippen LogP contribution in [0.25, 0.3) is 0 Å². The summed E-state index contributed by atoms with van der Waals surface area (Å²) in [5.74, 6) is 2.57. The molecule has 0 bridgehead atoms. The van der Waals surface area contributed by atoms with Gasteiger partial charge in [0.05, 0.1) is 0 Å². The molecule has 88 valence electrons. The van der Waals surface area contributed by atoms with E-state index in [0.29, 0.717) is 12.6 Å².